The average molecular weight is 477 g/mol. The predicted octanol–water partition coefficient (Wildman–Crippen LogP) is 4.35. The van der Waals surface area contributed by atoms with Crippen molar-refractivity contribution >= 4 is 11.6 Å². The van der Waals surface area contributed by atoms with Crippen LogP contribution in [0.15, 0.2) is 54.6 Å². The van der Waals surface area contributed by atoms with Crippen molar-refractivity contribution in [1.82, 2.24) is 15.0 Å². The van der Waals surface area contributed by atoms with Crippen LogP contribution in [-0.4, -0.2) is 65.8 Å². The summed E-state index contributed by atoms with van der Waals surface area (Å²) in [6.07, 6.45) is 0. The number of amides is 1. The Morgan fingerprint density at radius 1 is 1.14 bits per heavy atom. The Morgan fingerprint density at radius 2 is 1.86 bits per heavy atom. The number of hydrogen-bond acceptors (Lipinski definition) is 7. The van der Waals surface area contributed by atoms with Gasteiger partial charge in [-0.15, -0.1) is 0 Å². The molecule has 1 aromatic heterocycles. The number of nitro groups is 1. The summed E-state index contributed by atoms with van der Waals surface area (Å²) in [6, 6.07) is 16.2. The zero-order chi connectivity index (χ0) is 24.9. The molecule has 1 aliphatic rings. The van der Waals surface area contributed by atoms with Gasteiger partial charge in [0.15, 0.2) is 5.75 Å². The highest BCUT2D eigenvalue weighted by Crippen LogP contribution is 2.36. The summed E-state index contributed by atoms with van der Waals surface area (Å²) in [5.41, 5.74) is 3.50. The number of nitrogens with zero attached hydrogens (tertiary/aromatic N) is 4. The van der Waals surface area contributed by atoms with Crippen molar-refractivity contribution in [2.45, 2.75) is 13.8 Å². The number of methoxy groups -OCH3 is 1. The van der Waals surface area contributed by atoms with Crippen LogP contribution in [0.1, 0.15) is 23.0 Å². The molecule has 1 amide bonds. The van der Waals surface area contributed by atoms with Gasteiger partial charge in [-0.3, -0.25) is 24.9 Å². The molecule has 0 atom stereocenters. The zero-order valence-corrected chi connectivity index (χ0v) is 20.1. The predicted molar refractivity (Wildman–Crippen MR) is 132 cm³/mol. The highest BCUT2D eigenvalue weighted by atomic mass is 16.6. The smallest absolute Gasteiger partial charge is 0.311 e. The quantitative estimate of drug-likeness (QED) is 0.369. The van der Waals surface area contributed by atoms with Crippen molar-refractivity contribution in [3.05, 3.63) is 76.0 Å². The van der Waals surface area contributed by atoms with E-state index in [0.717, 1.165) is 5.56 Å². The first kappa shape index (κ1) is 24.3. The van der Waals surface area contributed by atoms with Crippen LogP contribution < -0.4 is 4.74 Å². The first-order chi connectivity index (χ1) is 16.9. The molecule has 0 unspecified atom stereocenters. The van der Waals surface area contributed by atoms with E-state index in [-0.39, 0.29) is 17.3 Å². The Kier molecular flexibility index (Phi) is 7.38. The number of ether oxygens (including phenoxy) is 2. The normalized spacial score (nSPS) is 13.9. The number of aromatic nitrogens is 1. The second-order valence-corrected chi connectivity index (χ2v) is 8.11. The molecule has 182 valence electrons. The molecule has 1 aliphatic heterocycles. The molecule has 0 radical (unpaired) electrons. The summed E-state index contributed by atoms with van der Waals surface area (Å²) >= 11 is 0. The number of aryl methyl sites for hydroxylation is 1. The number of pyridine rings is 1. The molecule has 0 aliphatic carbocycles. The van der Waals surface area contributed by atoms with E-state index < -0.39 is 4.92 Å². The van der Waals surface area contributed by atoms with E-state index in [2.05, 4.69) is 0 Å². The third-order valence-electron chi connectivity index (χ3n) is 6.03. The van der Waals surface area contributed by atoms with Gasteiger partial charge in [0.1, 0.15) is 0 Å². The molecular formula is C26H28N4O5. The lowest BCUT2D eigenvalue weighted by atomic mass is 9.95. The van der Waals surface area contributed by atoms with Crippen molar-refractivity contribution in [3.63, 3.8) is 0 Å². The van der Waals surface area contributed by atoms with Crippen molar-refractivity contribution in [3.8, 4) is 28.1 Å². The van der Waals surface area contributed by atoms with Crippen LogP contribution in [0, 0.1) is 17.0 Å². The van der Waals surface area contributed by atoms with Crippen LogP contribution in [0.4, 0.5) is 5.69 Å². The lowest BCUT2D eigenvalue weighted by molar-refractivity contribution is -0.385. The highest BCUT2D eigenvalue weighted by Gasteiger charge is 2.29. The van der Waals surface area contributed by atoms with Crippen molar-refractivity contribution < 1.29 is 19.2 Å². The van der Waals surface area contributed by atoms with Gasteiger partial charge >= 0.3 is 5.69 Å². The zero-order valence-electron chi connectivity index (χ0n) is 20.1. The largest absolute Gasteiger partial charge is 0.490 e. The second-order valence-electron chi connectivity index (χ2n) is 8.11. The number of rotatable bonds is 7. The van der Waals surface area contributed by atoms with Crippen molar-refractivity contribution in [1.29, 1.82) is 0 Å². The number of carbonyl (C=O) groups excluding carboxylic acids is 1. The fraction of sp³-hybridized carbons (Fsp3) is 0.308. The minimum Gasteiger partial charge on any atom is -0.490 e. The maximum absolute atomic E-state index is 13.9. The topological polar surface area (TPSA) is 98.0 Å². The number of hydrazine groups is 1. The van der Waals surface area contributed by atoms with E-state index in [1.165, 1.54) is 13.2 Å². The summed E-state index contributed by atoms with van der Waals surface area (Å²) in [6.45, 7) is 6.51. The van der Waals surface area contributed by atoms with E-state index in [4.69, 9.17) is 14.5 Å². The molecule has 2 heterocycles. The monoisotopic (exact) mass is 476 g/mol. The van der Waals surface area contributed by atoms with Gasteiger partial charge in [-0.25, -0.2) is 5.01 Å². The van der Waals surface area contributed by atoms with Crippen LogP contribution in [-0.2, 0) is 4.74 Å². The van der Waals surface area contributed by atoms with Crippen LogP contribution in [0.2, 0.25) is 0 Å². The molecule has 1 saturated heterocycles. The summed E-state index contributed by atoms with van der Waals surface area (Å²) in [5.74, 6) is -0.0447. The standard InChI is InChI=1S/C26H28N4O5/c1-4-29(28-12-14-35-15-13-28)26(31)25-18(2)27-22(19-8-6-5-7-9-19)17-21(25)20-10-11-24(34-3)23(16-20)30(32)33/h5-11,16-17H,4,12-15H2,1-3H3. The molecule has 0 spiro atoms. The molecule has 0 saturated carbocycles. The molecule has 4 rings (SSSR count). The summed E-state index contributed by atoms with van der Waals surface area (Å²) in [7, 11) is 1.39. The van der Waals surface area contributed by atoms with Gasteiger partial charge < -0.3 is 9.47 Å². The number of hydrogen-bond donors (Lipinski definition) is 0. The van der Waals surface area contributed by atoms with Crippen LogP contribution >= 0.6 is 0 Å². The van der Waals surface area contributed by atoms with E-state index in [1.807, 2.05) is 48.3 Å². The van der Waals surface area contributed by atoms with E-state index in [1.54, 1.807) is 24.1 Å². The Morgan fingerprint density at radius 3 is 2.49 bits per heavy atom. The van der Waals surface area contributed by atoms with Crippen LogP contribution in [0.3, 0.4) is 0 Å². The number of nitro benzene ring substituents is 1. The van der Waals surface area contributed by atoms with Crippen LogP contribution in [0.5, 0.6) is 5.75 Å². The van der Waals surface area contributed by atoms with Crippen molar-refractivity contribution in [2.75, 3.05) is 40.0 Å². The molecular weight excluding hydrogens is 448 g/mol. The molecule has 1 fully saturated rings. The number of morpholine rings is 1. The fourth-order valence-electron chi connectivity index (χ4n) is 4.32. The molecule has 2 aromatic carbocycles. The number of carbonyl (C=O) groups is 1. The van der Waals surface area contributed by atoms with Gasteiger partial charge in [-0.2, -0.15) is 0 Å². The first-order valence-corrected chi connectivity index (χ1v) is 11.5. The Hall–Kier alpha value is -3.82. The Bertz CT molecular complexity index is 1230. The third kappa shape index (κ3) is 5.01. The maximum Gasteiger partial charge on any atom is 0.311 e. The molecule has 9 heteroatoms. The molecule has 3 aromatic rings. The van der Waals surface area contributed by atoms with Crippen molar-refractivity contribution in [2.24, 2.45) is 0 Å². The second kappa shape index (κ2) is 10.6. The van der Waals surface area contributed by atoms with Gasteiger partial charge in [0, 0.05) is 31.3 Å². The Balaban J connectivity index is 1.90. The van der Waals surface area contributed by atoms with Gasteiger partial charge in [0.2, 0.25) is 0 Å². The summed E-state index contributed by atoms with van der Waals surface area (Å²) in [5, 5.41) is 15.4. The molecule has 9 nitrogen and oxygen atoms in total. The minimum atomic E-state index is -0.484. The maximum atomic E-state index is 13.9. The summed E-state index contributed by atoms with van der Waals surface area (Å²) < 4.78 is 10.6. The lowest BCUT2D eigenvalue weighted by Crippen LogP contribution is -2.51. The van der Waals surface area contributed by atoms with E-state index in [0.29, 0.717) is 60.9 Å². The van der Waals surface area contributed by atoms with E-state index >= 15 is 0 Å². The van der Waals surface area contributed by atoms with Gasteiger partial charge in [-0.05, 0) is 37.1 Å². The molecule has 35 heavy (non-hydrogen) atoms. The third-order valence-corrected chi connectivity index (χ3v) is 6.03. The minimum absolute atomic E-state index is 0.157. The van der Waals surface area contributed by atoms with Gasteiger partial charge in [0.05, 0.1) is 42.2 Å². The average Bonchev–Trinajstić information content (AvgIpc) is 2.89. The molecule has 0 N–H and O–H groups in total. The summed E-state index contributed by atoms with van der Waals surface area (Å²) in [4.78, 5) is 29.9. The lowest BCUT2D eigenvalue weighted by Gasteiger charge is -2.37. The molecule has 0 bridgehead atoms. The fourth-order valence-corrected chi connectivity index (χ4v) is 4.32. The van der Waals surface area contributed by atoms with E-state index in [9.17, 15) is 14.9 Å². The highest BCUT2D eigenvalue weighted by molar-refractivity contribution is 6.02. The number of benzene rings is 2. The van der Waals surface area contributed by atoms with Gasteiger partial charge in [-0.1, -0.05) is 36.4 Å². The Labute approximate surface area is 204 Å². The SMILES string of the molecule is CCN(C(=O)c1c(-c2ccc(OC)c([N+](=O)[O-])c2)cc(-c2ccccc2)nc1C)N1CCOCC1. The van der Waals surface area contributed by atoms with Crippen LogP contribution in [0.25, 0.3) is 22.4 Å². The first-order valence-electron chi connectivity index (χ1n) is 11.5. The van der Waals surface area contributed by atoms with Gasteiger partial charge in [0.25, 0.3) is 5.91 Å².